The second-order valence-electron chi connectivity index (χ2n) is 5.41. The Bertz CT molecular complexity index is 780. The van der Waals surface area contributed by atoms with Gasteiger partial charge in [0, 0.05) is 28.8 Å². The fraction of sp³-hybridized carbons (Fsp3) is 0.222. The van der Waals surface area contributed by atoms with Gasteiger partial charge >= 0.3 is 6.36 Å². The molecule has 0 radical (unpaired) electrons. The van der Waals surface area contributed by atoms with E-state index in [1.165, 1.54) is 12.1 Å². The Morgan fingerprint density at radius 1 is 1.21 bits per heavy atom. The number of benzene rings is 2. The van der Waals surface area contributed by atoms with Crippen LogP contribution in [0.1, 0.15) is 18.1 Å². The van der Waals surface area contributed by atoms with Crippen LogP contribution in [0.5, 0.6) is 11.5 Å². The van der Waals surface area contributed by atoms with E-state index < -0.39 is 6.36 Å². The van der Waals surface area contributed by atoms with E-state index in [0.717, 1.165) is 34.4 Å². The zero-order valence-electron chi connectivity index (χ0n) is 13.0. The lowest BCUT2D eigenvalue weighted by Gasteiger charge is -2.14. The number of allylic oxidation sites excluding steroid dienone is 1. The second-order valence-corrected chi connectivity index (χ2v) is 5.41. The van der Waals surface area contributed by atoms with E-state index in [2.05, 4.69) is 4.74 Å². The highest BCUT2D eigenvalue weighted by molar-refractivity contribution is 5.83. The molecule has 0 saturated carbocycles. The molecule has 1 heterocycles. The average Bonchev–Trinajstić information content (AvgIpc) is 2.98. The Morgan fingerprint density at radius 2 is 1.92 bits per heavy atom. The summed E-state index contributed by atoms with van der Waals surface area (Å²) in [5, 5.41) is 0. The van der Waals surface area contributed by atoms with Gasteiger partial charge in [0.25, 0.3) is 0 Å². The lowest BCUT2D eigenvalue weighted by atomic mass is 9.95. The Balaban J connectivity index is 2.01. The van der Waals surface area contributed by atoms with Gasteiger partial charge in [-0.3, -0.25) is 0 Å². The highest BCUT2D eigenvalue weighted by Gasteiger charge is 2.31. The number of rotatable bonds is 3. The first-order valence-corrected chi connectivity index (χ1v) is 7.46. The summed E-state index contributed by atoms with van der Waals surface area (Å²) < 4.78 is 46.4. The summed E-state index contributed by atoms with van der Waals surface area (Å²) >= 11 is 0. The molecule has 0 unspecified atom stereocenters. The number of hydrogen-bond acceptors (Lipinski definition) is 3. The Morgan fingerprint density at radius 3 is 2.54 bits per heavy atom. The van der Waals surface area contributed by atoms with Crippen LogP contribution in [0.15, 0.2) is 36.4 Å². The third-order valence-electron chi connectivity index (χ3n) is 3.79. The maximum atomic E-state index is 12.2. The Labute approximate surface area is 137 Å². The molecule has 6 heteroatoms. The number of fused-ring (bicyclic) bond motifs is 1. The molecule has 2 N–H and O–H groups in total. The summed E-state index contributed by atoms with van der Waals surface area (Å²) in [5.74, 6) is 0.476. The number of alkyl halides is 3. The monoisotopic (exact) mass is 335 g/mol. The molecule has 0 aromatic heterocycles. The minimum absolute atomic E-state index is 0.262. The summed E-state index contributed by atoms with van der Waals surface area (Å²) in [6, 6.07) is 7.47. The van der Waals surface area contributed by atoms with Crippen LogP contribution in [0.2, 0.25) is 0 Å². The standard InChI is InChI=1S/C18H16F3NO2/c1-2-3-13-14-8-9-23-17(14)15(10-16(13)22)11-4-6-12(7-5-11)24-18(19,20)21/h2-7,10H,8-9,22H2,1H3/b3-2+. The van der Waals surface area contributed by atoms with Crippen molar-refractivity contribution in [3.63, 3.8) is 0 Å². The maximum absolute atomic E-state index is 12.2. The summed E-state index contributed by atoms with van der Waals surface area (Å²) in [4.78, 5) is 0. The first-order valence-electron chi connectivity index (χ1n) is 7.46. The average molecular weight is 335 g/mol. The van der Waals surface area contributed by atoms with E-state index in [9.17, 15) is 13.2 Å². The van der Waals surface area contributed by atoms with Crippen molar-refractivity contribution >= 4 is 11.8 Å². The van der Waals surface area contributed by atoms with Gasteiger partial charge in [0.1, 0.15) is 11.5 Å². The van der Waals surface area contributed by atoms with Gasteiger partial charge in [-0.1, -0.05) is 24.3 Å². The normalized spacial score (nSPS) is 13.8. The largest absolute Gasteiger partial charge is 0.573 e. The van der Waals surface area contributed by atoms with Crippen LogP contribution in [-0.4, -0.2) is 13.0 Å². The van der Waals surface area contributed by atoms with Crippen molar-refractivity contribution < 1.29 is 22.6 Å². The van der Waals surface area contributed by atoms with Crippen LogP contribution in [0.4, 0.5) is 18.9 Å². The highest BCUT2D eigenvalue weighted by Crippen LogP contribution is 2.42. The number of ether oxygens (including phenoxy) is 2. The third kappa shape index (κ3) is 3.18. The number of halogens is 3. The minimum atomic E-state index is -4.70. The molecule has 126 valence electrons. The van der Waals surface area contributed by atoms with Gasteiger partial charge in [-0.05, 0) is 30.7 Å². The maximum Gasteiger partial charge on any atom is 0.573 e. The molecular weight excluding hydrogens is 319 g/mol. The second kappa shape index (κ2) is 6.11. The fourth-order valence-corrected chi connectivity index (χ4v) is 2.84. The highest BCUT2D eigenvalue weighted by atomic mass is 19.4. The topological polar surface area (TPSA) is 44.5 Å². The number of nitrogens with two attached hydrogens (primary N) is 1. The minimum Gasteiger partial charge on any atom is -0.492 e. The van der Waals surface area contributed by atoms with Crippen molar-refractivity contribution in [1.82, 2.24) is 0 Å². The van der Waals surface area contributed by atoms with Gasteiger partial charge in [0.2, 0.25) is 0 Å². The van der Waals surface area contributed by atoms with Crippen LogP contribution in [0.3, 0.4) is 0 Å². The molecule has 0 spiro atoms. The lowest BCUT2D eigenvalue weighted by molar-refractivity contribution is -0.274. The number of anilines is 1. The van der Waals surface area contributed by atoms with Gasteiger partial charge in [0.05, 0.1) is 6.61 Å². The molecule has 2 aromatic carbocycles. The van der Waals surface area contributed by atoms with Crippen molar-refractivity contribution in [3.8, 4) is 22.6 Å². The van der Waals surface area contributed by atoms with Crippen LogP contribution in [0.25, 0.3) is 17.2 Å². The zero-order valence-corrected chi connectivity index (χ0v) is 13.0. The summed E-state index contributed by atoms with van der Waals surface area (Å²) in [5.41, 5.74) is 10.2. The Hall–Kier alpha value is -2.63. The quantitative estimate of drug-likeness (QED) is 0.819. The van der Waals surface area contributed by atoms with Crippen LogP contribution >= 0.6 is 0 Å². The third-order valence-corrected chi connectivity index (χ3v) is 3.79. The first-order chi connectivity index (χ1) is 11.4. The Kier molecular flexibility index (Phi) is 4.13. The van der Waals surface area contributed by atoms with E-state index in [-0.39, 0.29) is 5.75 Å². The summed E-state index contributed by atoms with van der Waals surface area (Å²) in [7, 11) is 0. The number of hydrogen-bond donors (Lipinski definition) is 1. The van der Waals surface area contributed by atoms with Gasteiger partial charge in [-0.2, -0.15) is 0 Å². The molecule has 0 aliphatic carbocycles. The molecule has 3 nitrogen and oxygen atoms in total. The van der Waals surface area contributed by atoms with E-state index in [4.69, 9.17) is 10.5 Å². The molecule has 0 atom stereocenters. The van der Waals surface area contributed by atoms with E-state index in [1.54, 1.807) is 18.2 Å². The molecule has 1 aliphatic heterocycles. The van der Waals surface area contributed by atoms with Crippen molar-refractivity contribution in [1.29, 1.82) is 0 Å². The van der Waals surface area contributed by atoms with Gasteiger partial charge in [-0.15, -0.1) is 13.2 Å². The van der Waals surface area contributed by atoms with E-state index in [0.29, 0.717) is 12.3 Å². The number of nitrogen functional groups attached to an aromatic ring is 1. The summed E-state index contributed by atoms with van der Waals surface area (Å²) in [6.07, 6.45) is -0.104. The van der Waals surface area contributed by atoms with E-state index in [1.807, 2.05) is 19.1 Å². The van der Waals surface area contributed by atoms with Crippen LogP contribution < -0.4 is 15.2 Å². The van der Waals surface area contributed by atoms with Crippen molar-refractivity contribution in [2.45, 2.75) is 19.7 Å². The van der Waals surface area contributed by atoms with Gasteiger partial charge in [0.15, 0.2) is 0 Å². The van der Waals surface area contributed by atoms with Crippen LogP contribution in [-0.2, 0) is 6.42 Å². The molecule has 0 bridgehead atoms. The molecule has 24 heavy (non-hydrogen) atoms. The predicted octanol–water partition coefficient (Wildman–Crippen LogP) is 4.80. The molecule has 0 saturated heterocycles. The molecule has 0 fully saturated rings. The lowest BCUT2D eigenvalue weighted by Crippen LogP contribution is -2.16. The summed E-state index contributed by atoms with van der Waals surface area (Å²) in [6.45, 7) is 2.47. The predicted molar refractivity (Wildman–Crippen MR) is 86.9 cm³/mol. The fourth-order valence-electron chi connectivity index (χ4n) is 2.84. The zero-order chi connectivity index (χ0) is 17.3. The molecule has 0 amide bonds. The van der Waals surface area contributed by atoms with Crippen LogP contribution in [0, 0.1) is 0 Å². The molecule has 1 aliphatic rings. The van der Waals surface area contributed by atoms with Gasteiger partial charge in [-0.25, -0.2) is 0 Å². The smallest absolute Gasteiger partial charge is 0.492 e. The SMILES string of the molecule is C/C=C/c1c(N)cc(-c2ccc(OC(F)(F)F)cc2)c2c1CCO2. The molecular formula is C18H16F3NO2. The van der Waals surface area contributed by atoms with E-state index >= 15 is 0 Å². The van der Waals surface area contributed by atoms with Crippen molar-refractivity contribution in [2.75, 3.05) is 12.3 Å². The molecule has 2 aromatic rings. The molecule has 3 rings (SSSR count). The van der Waals surface area contributed by atoms with Crippen molar-refractivity contribution in [2.24, 2.45) is 0 Å². The van der Waals surface area contributed by atoms with Gasteiger partial charge < -0.3 is 15.2 Å². The van der Waals surface area contributed by atoms with Crippen molar-refractivity contribution in [3.05, 3.63) is 47.5 Å². The first kappa shape index (κ1) is 16.2.